The first-order valence-electron chi connectivity index (χ1n) is 8.47. The molecule has 0 radical (unpaired) electrons. The molecule has 0 saturated carbocycles. The zero-order chi connectivity index (χ0) is 17.3. The second kappa shape index (κ2) is 7.01. The van der Waals surface area contributed by atoms with Gasteiger partial charge in [0.05, 0.1) is 18.1 Å². The van der Waals surface area contributed by atoms with Gasteiger partial charge in [0, 0.05) is 5.92 Å². The summed E-state index contributed by atoms with van der Waals surface area (Å²) < 4.78 is 12.2. The lowest BCUT2D eigenvalue weighted by Crippen LogP contribution is -2.50. The predicted octanol–water partition coefficient (Wildman–Crippen LogP) is 3.74. The number of aliphatic hydroxyl groups is 1. The van der Waals surface area contributed by atoms with E-state index < -0.39 is 20.3 Å². The second-order valence-corrected chi connectivity index (χ2v) is 13.0. The Morgan fingerprint density at radius 1 is 1.32 bits per heavy atom. The lowest BCUT2D eigenvalue weighted by Gasteiger charge is -2.44. The topological polar surface area (TPSA) is 55.8 Å². The Morgan fingerprint density at radius 2 is 1.86 bits per heavy atom. The maximum Gasteiger partial charge on any atom is 0.311 e. The second-order valence-electron chi connectivity index (χ2n) is 8.25. The van der Waals surface area contributed by atoms with Crippen LogP contribution in [0.3, 0.4) is 0 Å². The van der Waals surface area contributed by atoms with Gasteiger partial charge in [-0.15, -0.1) is 0 Å². The number of carbonyl (C=O) groups excluding carboxylic acids is 1. The van der Waals surface area contributed by atoms with Gasteiger partial charge in [0.1, 0.15) is 6.10 Å². The summed E-state index contributed by atoms with van der Waals surface area (Å²) in [5, 5.41) is 10.4. The summed E-state index contributed by atoms with van der Waals surface area (Å²) in [7, 11) is -1.94. The number of esters is 1. The van der Waals surface area contributed by atoms with Crippen LogP contribution in [0.1, 0.15) is 54.4 Å². The highest BCUT2D eigenvalue weighted by Crippen LogP contribution is 2.40. The molecular weight excluding hydrogens is 296 g/mol. The Hall–Kier alpha value is -0.393. The molecule has 0 bridgehead atoms. The summed E-state index contributed by atoms with van der Waals surface area (Å²) in [6.45, 7) is 16.9. The van der Waals surface area contributed by atoms with Gasteiger partial charge in [-0.25, -0.2) is 0 Å². The van der Waals surface area contributed by atoms with E-state index >= 15 is 0 Å². The molecule has 2 unspecified atom stereocenters. The number of rotatable bonds is 3. The Morgan fingerprint density at radius 3 is 2.32 bits per heavy atom. The van der Waals surface area contributed by atoms with Crippen molar-refractivity contribution in [3.05, 3.63) is 0 Å². The minimum Gasteiger partial charge on any atom is -0.462 e. The van der Waals surface area contributed by atoms with E-state index in [1.165, 1.54) is 0 Å². The Balaban J connectivity index is 3.02. The molecule has 5 heteroatoms. The molecule has 1 saturated heterocycles. The van der Waals surface area contributed by atoms with Crippen LogP contribution in [0.15, 0.2) is 0 Å². The Labute approximate surface area is 136 Å². The van der Waals surface area contributed by atoms with Gasteiger partial charge in [-0.2, -0.15) is 0 Å². The van der Waals surface area contributed by atoms with Gasteiger partial charge in [-0.05, 0) is 37.9 Å². The lowest BCUT2D eigenvalue weighted by atomic mass is 9.87. The largest absolute Gasteiger partial charge is 0.462 e. The van der Waals surface area contributed by atoms with Gasteiger partial charge in [-0.1, -0.05) is 34.6 Å². The lowest BCUT2D eigenvalue weighted by molar-refractivity contribution is -0.167. The van der Waals surface area contributed by atoms with E-state index in [-0.39, 0.29) is 29.1 Å². The van der Waals surface area contributed by atoms with E-state index in [4.69, 9.17) is 9.16 Å². The number of carbonyl (C=O) groups is 1. The first-order chi connectivity index (χ1) is 9.90. The molecule has 0 aromatic heterocycles. The molecule has 0 aliphatic carbocycles. The molecular formula is C17H34O4Si. The zero-order valence-electron chi connectivity index (χ0n) is 15.5. The molecule has 130 valence electrons. The zero-order valence-corrected chi connectivity index (χ0v) is 16.5. The van der Waals surface area contributed by atoms with Crippen molar-refractivity contribution in [3.63, 3.8) is 0 Å². The monoisotopic (exact) mass is 330 g/mol. The summed E-state index contributed by atoms with van der Waals surface area (Å²) >= 11 is 0. The smallest absolute Gasteiger partial charge is 0.311 e. The van der Waals surface area contributed by atoms with Crippen molar-refractivity contribution >= 4 is 14.3 Å². The minimum absolute atomic E-state index is 0.0728. The van der Waals surface area contributed by atoms with Crippen molar-refractivity contribution in [1.82, 2.24) is 0 Å². The number of hydrogen-bond donors (Lipinski definition) is 1. The van der Waals surface area contributed by atoms with Gasteiger partial charge in [0.15, 0.2) is 8.32 Å². The van der Waals surface area contributed by atoms with Crippen LogP contribution in [0.25, 0.3) is 0 Å². The quantitative estimate of drug-likeness (QED) is 0.633. The maximum absolute atomic E-state index is 12.0. The van der Waals surface area contributed by atoms with E-state index in [0.29, 0.717) is 6.42 Å². The van der Waals surface area contributed by atoms with E-state index in [2.05, 4.69) is 40.8 Å². The fraction of sp³-hybridized carbons (Fsp3) is 0.941. The molecule has 1 fully saturated rings. The van der Waals surface area contributed by atoms with Gasteiger partial charge in [-0.3, -0.25) is 4.79 Å². The minimum atomic E-state index is -1.94. The van der Waals surface area contributed by atoms with Crippen molar-refractivity contribution < 1.29 is 19.1 Å². The SMILES string of the molecule is CC[C@H]1OC(=O)C(C)C(O)C[C@@H](O[Si](C)(C)C(C)(C)C)[C@H]1C. The first kappa shape index (κ1) is 19.7. The number of ether oxygens (including phenoxy) is 1. The van der Waals surface area contributed by atoms with Crippen LogP contribution in [0.4, 0.5) is 0 Å². The molecule has 22 heavy (non-hydrogen) atoms. The highest BCUT2D eigenvalue weighted by Gasteiger charge is 2.44. The summed E-state index contributed by atoms with van der Waals surface area (Å²) in [4.78, 5) is 12.0. The normalized spacial score (nSPS) is 34.8. The summed E-state index contributed by atoms with van der Waals surface area (Å²) in [5.74, 6) is -0.700. The van der Waals surface area contributed by atoms with Crippen molar-refractivity contribution in [2.75, 3.05) is 0 Å². The number of aliphatic hydroxyl groups excluding tert-OH is 1. The molecule has 0 aromatic carbocycles. The summed E-state index contributed by atoms with van der Waals surface area (Å²) in [6, 6.07) is 0. The number of hydrogen-bond acceptors (Lipinski definition) is 4. The molecule has 1 heterocycles. The van der Waals surface area contributed by atoms with Crippen molar-refractivity contribution in [3.8, 4) is 0 Å². The van der Waals surface area contributed by atoms with Crippen LogP contribution in [0, 0.1) is 11.8 Å². The fourth-order valence-electron chi connectivity index (χ4n) is 2.58. The van der Waals surface area contributed by atoms with Crippen LogP contribution in [0.5, 0.6) is 0 Å². The van der Waals surface area contributed by atoms with Crippen LogP contribution in [-0.4, -0.2) is 37.7 Å². The molecule has 1 N–H and O–H groups in total. The third kappa shape index (κ3) is 4.33. The third-order valence-electron chi connectivity index (χ3n) is 5.52. The molecule has 1 aliphatic heterocycles. The van der Waals surface area contributed by atoms with Crippen LogP contribution in [0.2, 0.25) is 18.1 Å². The standard InChI is InChI=1S/C17H34O4Si/c1-9-14-12(3)15(21-22(7,8)17(4,5)6)10-13(18)11(2)16(19)20-14/h11-15,18H,9-10H2,1-8H3/t11?,12-,13?,14+,15+/m0/s1. The molecule has 1 rings (SSSR count). The predicted molar refractivity (Wildman–Crippen MR) is 91.2 cm³/mol. The molecule has 0 aromatic rings. The van der Waals surface area contributed by atoms with Gasteiger partial charge >= 0.3 is 5.97 Å². The maximum atomic E-state index is 12.0. The third-order valence-corrected chi connectivity index (χ3v) is 10.0. The van der Waals surface area contributed by atoms with Gasteiger partial charge in [0.2, 0.25) is 0 Å². The van der Waals surface area contributed by atoms with Gasteiger partial charge < -0.3 is 14.3 Å². The Bertz CT molecular complexity index is 389. The molecule has 4 nitrogen and oxygen atoms in total. The van der Waals surface area contributed by atoms with Crippen molar-refractivity contribution in [2.45, 2.75) is 90.8 Å². The van der Waals surface area contributed by atoms with Crippen molar-refractivity contribution in [1.29, 1.82) is 0 Å². The molecule has 1 aliphatic rings. The van der Waals surface area contributed by atoms with Crippen LogP contribution < -0.4 is 0 Å². The van der Waals surface area contributed by atoms with Crippen LogP contribution in [-0.2, 0) is 14.0 Å². The molecule has 5 atom stereocenters. The van der Waals surface area contributed by atoms with E-state index in [9.17, 15) is 9.90 Å². The van der Waals surface area contributed by atoms with E-state index in [1.54, 1.807) is 6.92 Å². The molecule has 0 spiro atoms. The van der Waals surface area contributed by atoms with Gasteiger partial charge in [0.25, 0.3) is 0 Å². The molecule has 0 amide bonds. The highest BCUT2D eigenvalue weighted by molar-refractivity contribution is 6.74. The Kier molecular flexibility index (Phi) is 6.27. The fourth-order valence-corrected chi connectivity index (χ4v) is 4.00. The van der Waals surface area contributed by atoms with Crippen molar-refractivity contribution in [2.24, 2.45) is 11.8 Å². The first-order valence-corrected chi connectivity index (χ1v) is 11.4. The number of cyclic esters (lactones) is 1. The summed E-state index contributed by atoms with van der Waals surface area (Å²) in [6.07, 6.45) is 0.351. The van der Waals surface area contributed by atoms with Crippen LogP contribution >= 0.6 is 0 Å². The average molecular weight is 331 g/mol. The average Bonchev–Trinajstić information content (AvgIpc) is 2.39. The highest BCUT2D eigenvalue weighted by atomic mass is 28.4. The summed E-state index contributed by atoms with van der Waals surface area (Å²) in [5.41, 5.74) is 0. The van der Waals surface area contributed by atoms with E-state index in [0.717, 1.165) is 6.42 Å². The van der Waals surface area contributed by atoms with E-state index in [1.807, 2.05) is 6.92 Å².